The van der Waals surface area contributed by atoms with Crippen LogP contribution in [0.5, 0.6) is 5.75 Å². The maximum Gasteiger partial charge on any atom is 0.325 e. The van der Waals surface area contributed by atoms with E-state index in [4.69, 9.17) is 4.74 Å². The van der Waals surface area contributed by atoms with E-state index in [0.29, 0.717) is 19.4 Å². The smallest absolute Gasteiger partial charge is 0.325 e. The van der Waals surface area contributed by atoms with Gasteiger partial charge in [-0.3, -0.25) is 14.5 Å². The summed E-state index contributed by atoms with van der Waals surface area (Å²) in [5.74, 6) is -0.0140. The molecule has 1 aromatic heterocycles. The minimum atomic E-state index is -0.828. The third kappa shape index (κ3) is 4.36. The highest BCUT2D eigenvalue weighted by atomic mass is 16.5. The first-order chi connectivity index (χ1) is 17.0. The second kappa shape index (κ2) is 9.44. The fraction of sp³-hybridized carbons (Fsp3) is 0.370. The minimum Gasteiger partial charge on any atom is -0.497 e. The molecule has 3 N–H and O–H groups in total. The van der Waals surface area contributed by atoms with Gasteiger partial charge in [0.15, 0.2) is 0 Å². The van der Waals surface area contributed by atoms with Crippen molar-refractivity contribution in [3.63, 3.8) is 0 Å². The van der Waals surface area contributed by atoms with E-state index in [2.05, 4.69) is 21.7 Å². The van der Waals surface area contributed by atoms with Gasteiger partial charge >= 0.3 is 6.03 Å². The molecule has 0 unspecified atom stereocenters. The van der Waals surface area contributed by atoms with Crippen LogP contribution in [0.4, 0.5) is 4.79 Å². The van der Waals surface area contributed by atoms with Crippen LogP contribution in [0.2, 0.25) is 0 Å². The molecular weight excluding hydrogens is 444 g/mol. The van der Waals surface area contributed by atoms with Crippen LogP contribution in [0.1, 0.15) is 49.1 Å². The summed E-state index contributed by atoms with van der Waals surface area (Å²) in [5, 5.41) is 6.90. The van der Waals surface area contributed by atoms with Gasteiger partial charge in [-0.1, -0.05) is 49.6 Å². The van der Waals surface area contributed by atoms with Crippen LogP contribution >= 0.6 is 0 Å². The molecule has 1 aliphatic carbocycles. The van der Waals surface area contributed by atoms with Gasteiger partial charge in [-0.05, 0) is 42.2 Å². The number of carbonyl (C=O) groups is 3. The van der Waals surface area contributed by atoms with Crippen molar-refractivity contribution in [2.45, 2.75) is 43.6 Å². The van der Waals surface area contributed by atoms with E-state index in [-0.39, 0.29) is 24.3 Å². The zero-order chi connectivity index (χ0) is 24.4. The van der Waals surface area contributed by atoms with Gasteiger partial charge in [-0.15, -0.1) is 0 Å². The Bertz CT molecular complexity index is 1240. The number of ether oxygens (including phenoxy) is 1. The van der Waals surface area contributed by atoms with Gasteiger partial charge in [0.05, 0.1) is 7.11 Å². The molecular formula is C27H30N4O4. The summed E-state index contributed by atoms with van der Waals surface area (Å²) in [4.78, 5) is 42.9. The third-order valence-corrected chi connectivity index (χ3v) is 7.27. The predicted molar refractivity (Wildman–Crippen MR) is 132 cm³/mol. The highest BCUT2D eigenvalue weighted by molar-refractivity contribution is 6.09. The molecule has 1 aliphatic heterocycles. The molecule has 5 rings (SSSR count). The molecule has 2 aliphatic rings. The first-order valence-electron chi connectivity index (χ1n) is 12.1. The molecule has 182 valence electrons. The summed E-state index contributed by atoms with van der Waals surface area (Å²) in [7, 11) is 1.62. The van der Waals surface area contributed by atoms with Gasteiger partial charge in [0.25, 0.3) is 5.91 Å². The standard InChI is InChI=1S/C27H30N4O4/c1-35-19-11-9-18(10-12-19)21(22-16-28-23-8-4-3-7-20(22)23)15-29-24(32)17-31-25(33)27(30-26(31)34)13-5-2-6-14-27/h3-4,7-12,16,21,28H,2,5-6,13-15,17H2,1H3,(H,29,32)(H,30,34)/t21-/m0/s1. The number of urea groups is 1. The summed E-state index contributed by atoms with van der Waals surface area (Å²) in [6.07, 6.45) is 6.11. The maximum atomic E-state index is 13.0. The molecule has 1 saturated heterocycles. The second-order valence-corrected chi connectivity index (χ2v) is 9.38. The molecule has 8 nitrogen and oxygen atoms in total. The number of benzene rings is 2. The van der Waals surface area contributed by atoms with Crippen molar-refractivity contribution in [3.8, 4) is 5.75 Å². The lowest BCUT2D eigenvalue weighted by atomic mass is 9.82. The normalized spacial score (nSPS) is 18.0. The molecule has 2 fully saturated rings. The monoisotopic (exact) mass is 474 g/mol. The van der Waals surface area contributed by atoms with Crippen molar-refractivity contribution >= 4 is 28.7 Å². The molecule has 0 radical (unpaired) electrons. The van der Waals surface area contributed by atoms with Crippen LogP contribution in [-0.2, 0) is 9.59 Å². The van der Waals surface area contributed by atoms with E-state index in [1.807, 2.05) is 48.7 Å². The lowest BCUT2D eigenvalue weighted by Gasteiger charge is -2.30. The van der Waals surface area contributed by atoms with Crippen molar-refractivity contribution in [2.24, 2.45) is 0 Å². The third-order valence-electron chi connectivity index (χ3n) is 7.27. The van der Waals surface area contributed by atoms with Crippen molar-refractivity contribution in [3.05, 3.63) is 65.9 Å². The number of hydrogen-bond acceptors (Lipinski definition) is 4. The van der Waals surface area contributed by atoms with Crippen LogP contribution in [-0.4, -0.2) is 53.5 Å². The van der Waals surface area contributed by atoms with E-state index in [1.165, 1.54) is 0 Å². The first-order valence-corrected chi connectivity index (χ1v) is 12.1. The number of nitrogens with zero attached hydrogens (tertiary/aromatic N) is 1. The molecule has 2 aromatic carbocycles. The molecule has 1 spiro atoms. The Hall–Kier alpha value is -3.81. The number of nitrogens with one attached hydrogen (secondary N) is 3. The highest BCUT2D eigenvalue weighted by Crippen LogP contribution is 2.34. The number of rotatable bonds is 7. The SMILES string of the molecule is COc1ccc([C@H](CNC(=O)CN2C(=O)NC3(CCCCC3)C2=O)c2c[nH]c3ccccc23)cc1. The number of hydrogen-bond donors (Lipinski definition) is 3. The Morgan fingerprint density at radius 1 is 1.09 bits per heavy atom. The first kappa shape index (κ1) is 23.0. The second-order valence-electron chi connectivity index (χ2n) is 9.38. The maximum absolute atomic E-state index is 13.0. The molecule has 35 heavy (non-hydrogen) atoms. The van der Waals surface area contributed by atoms with Crippen LogP contribution in [0, 0.1) is 0 Å². The molecule has 2 heterocycles. The van der Waals surface area contributed by atoms with Gasteiger partial charge < -0.3 is 20.4 Å². The van der Waals surface area contributed by atoms with Gasteiger partial charge in [0.2, 0.25) is 5.91 Å². The van der Waals surface area contributed by atoms with Crippen LogP contribution in [0.15, 0.2) is 54.7 Å². The largest absolute Gasteiger partial charge is 0.497 e. The van der Waals surface area contributed by atoms with Crippen molar-refractivity contribution in [1.29, 1.82) is 0 Å². The van der Waals surface area contributed by atoms with E-state index in [1.54, 1.807) is 7.11 Å². The number of H-pyrrole nitrogens is 1. The summed E-state index contributed by atoms with van der Waals surface area (Å²) in [6.45, 7) is 0.0391. The average Bonchev–Trinajstić information content (AvgIpc) is 3.40. The fourth-order valence-electron chi connectivity index (χ4n) is 5.36. The summed E-state index contributed by atoms with van der Waals surface area (Å²) in [6, 6.07) is 15.3. The number of carbonyl (C=O) groups excluding carboxylic acids is 3. The van der Waals surface area contributed by atoms with Crippen LogP contribution in [0.3, 0.4) is 0 Å². The number of para-hydroxylation sites is 1. The number of imide groups is 1. The number of aromatic nitrogens is 1. The van der Waals surface area contributed by atoms with Gasteiger partial charge in [-0.2, -0.15) is 0 Å². The van der Waals surface area contributed by atoms with Crippen LogP contribution < -0.4 is 15.4 Å². The minimum absolute atomic E-state index is 0.131. The number of amides is 4. The Balaban J connectivity index is 1.33. The quantitative estimate of drug-likeness (QED) is 0.455. The van der Waals surface area contributed by atoms with Gasteiger partial charge in [0.1, 0.15) is 17.8 Å². The summed E-state index contributed by atoms with van der Waals surface area (Å²) >= 11 is 0. The van der Waals surface area contributed by atoms with Crippen molar-refractivity contribution in [1.82, 2.24) is 20.5 Å². The lowest BCUT2D eigenvalue weighted by molar-refractivity contribution is -0.135. The zero-order valence-corrected chi connectivity index (χ0v) is 19.8. The topological polar surface area (TPSA) is 104 Å². The van der Waals surface area contributed by atoms with Gasteiger partial charge in [0, 0.05) is 29.6 Å². The highest BCUT2D eigenvalue weighted by Gasteiger charge is 2.51. The lowest BCUT2D eigenvalue weighted by Crippen LogP contribution is -2.49. The molecule has 4 amide bonds. The van der Waals surface area contributed by atoms with E-state index in [0.717, 1.165) is 51.9 Å². The predicted octanol–water partition coefficient (Wildman–Crippen LogP) is 3.68. The van der Waals surface area contributed by atoms with Gasteiger partial charge in [-0.25, -0.2) is 4.79 Å². The van der Waals surface area contributed by atoms with E-state index >= 15 is 0 Å². The fourth-order valence-corrected chi connectivity index (χ4v) is 5.36. The number of fused-ring (bicyclic) bond motifs is 1. The summed E-state index contributed by atoms with van der Waals surface area (Å²) in [5.41, 5.74) is 2.27. The Morgan fingerprint density at radius 3 is 2.57 bits per heavy atom. The van der Waals surface area contributed by atoms with E-state index < -0.39 is 11.6 Å². The Kier molecular flexibility index (Phi) is 6.19. The molecule has 1 atom stereocenters. The Morgan fingerprint density at radius 2 is 1.83 bits per heavy atom. The summed E-state index contributed by atoms with van der Waals surface area (Å²) < 4.78 is 5.30. The van der Waals surface area contributed by atoms with Crippen LogP contribution in [0.25, 0.3) is 10.9 Å². The number of aromatic amines is 1. The molecule has 8 heteroatoms. The Labute approximate surface area is 204 Å². The molecule has 0 bridgehead atoms. The van der Waals surface area contributed by atoms with Crippen molar-refractivity contribution in [2.75, 3.05) is 20.2 Å². The van der Waals surface area contributed by atoms with Crippen molar-refractivity contribution < 1.29 is 19.1 Å². The van der Waals surface area contributed by atoms with E-state index in [9.17, 15) is 14.4 Å². The number of methoxy groups -OCH3 is 1. The average molecular weight is 475 g/mol. The molecule has 3 aromatic rings. The molecule has 1 saturated carbocycles. The zero-order valence-electron chi connectivity index (χ0n) is 19.8.